The van der Waals surface area contributed by atoms with Gasteiger partial charge in [0.2, 0.25) is 0 Å². The zero-order valence-corrected chi connectivity index (χ0v) is 8.06. The first-order valence-electron chi connectivity index (χ1n) is 4.85. The highest BCUT2D eigenvalue weighted by atomic mass is 19.1. The molecule has 1 saturated heterocycles. The molecule has 14 heavy (non-hydrogen) atoms. The lowest BCUT2D eigenvalue weighted by molar-refractivity contribution is 0.557. The molecule has 1 aromatic rings. The Morgan fingerprint density at radius 2 is 2.14 bits per heavy atom. The molecule has 0 saturated carbocycles. The van der Waals surface area contributed by atoms with Gasteiger partial charge >= 0.3 is 0 Å². The van der Waals surface area contributed by atoms with Gasteiger partial charge in [0.05, 0.1) is 0 Å². The molecular weight excluding hydrogens is 184 g/mol. The van der Waals surface area contributed by atoms with Crippen molar-refractivity contribution in [3.63, 3.8) is 0 Å². The molecule has 2 unspecified atom stereocenters. The third-order valence-electron chi connectivity index (χ3n) is 2.75. The molecule has 3 heteroatoms. The monoisotopic (exact) mass is 197 g/mol. The smallest absolute Gasteiger partial charge is 0.129 e. The van der Waals surface area contributed by atoms with Gasteiger partial charge in [-0.15, -0.1) is 0 Å². The number of benzene rings is 1. The van der Waals surface area contributed by atoms with E-state index in [1.807, 2.05) is 0 Å². The molecule has 1 N–H and O–H groups in total. The van der Waals surface area contributed by atoms with Crippen molar-refractivity contribution in [1.82, 2.24) is 5.32 Å². The van der Waals surface area contributed by atoms with Crippen molar-refractivity contribution < 1.29 is 8.78 Å². The maximum Gasteiger partial charge on any atom is 0.129 e. The summed E-state index contributed by atoms with van der Waals surface area (Å²) in [5.41, 5.74) is 0.628. The summed E-state index contributed by atoms with van der Waals surface area (Å²) in [6, 6.07) is 4.25. The van der Waals surface area contributed by atoms with Crippen LogP contribution in [0.15, 0.2) is 18.2 Å². The van der Waals surface area contributed by atoms with E-state index in [-0.39, 0.29) is 5.92 Å². The van der Waals surface area contributed by atoms with E-state index in [1.165, 1.54) is 6.07 Å². The Bertz CT molecular complexity index is 338. The van der Waals surface area contributed by atoms with Crippen LogP contribution in [-0.4, -0.2) is 12.6 Å². The third-order valence-corrected chi connectivity index (χ3v) is 2.75. The van der Waals surface area contributed by atoms with Crippen LogP contribution in [0.1, 0.15) is 24.8 Å². The molecule has 1 aliphatic rings. The lowest BCUT2D eigenvalue weighted by atomic mass is 9.96. The van der Waals surface area contributed by atoms with Crippen molar-refractivity contribution in [2.75, 3.05) is 6.54 Å². The Morgan fingerprint density at radius 3 is 2.71 bits per heavy atom. The van der Waals surface area contributed by atoms with Gasteiger partial charge in [-0.1, -0.05) is 6.07 Å². The van der Waals surface area contributed by atoms with Crippen LogP contribution >= 0.6 is 0 Å². The number of hydrogen-bond acceptors (Lipinski definition) is 1. The predicted molar refractivity (Wildman–Crippen MR) is 51.2 cm³/mol. The first kappa shape index (κ1) is 9.59. The first-order valence-corrected chi connectivity index (χ1v) is 4.85. The van der Waals surface area contributed by atoms with Crippen molar-refractivity contribution in [3.05, 3.63) is 35.4 Å². The van der Waals surface area contributed by atoms with Crippen LogP contribution in [0.2, 0.25) is 0 Å². The van der Waals surface area contributed by atoms with Crippen LogP contribution in [0.5, 0.6) is 0 Å². The number of rotatable bonds is 1. The molecule has 1 heterocycles. The van der Waals surface area contributed by atoms with E-state index in [2.05, 4.69) is 12.2 Å². The van der Waals surface area contributed by atoms with Crippen molar-refractivity contribution >= 4 is 0 Å². The summed E-state index contributed by atoms with van der Waals surface area (Å²) in [5.74, 6) is -0.748. The Kier molecular flexibility index (Phi) is 2.50. The average Bonchev–Trinajstić information content (AvgIpc) is 2.51. The SMILES string of the molecule is CC1CC(c2ccc(F)cc2F)CN1. The minimum absolute atomic E-state index is 0.186. The van der Waals surface area contributed by atoms with Gasteiger partial charge in [0.25, 0.3) is 0 Å². The van der Waals surface area contributed by atoms with Crippen LogP contribution in [0.4, 0.5) is 8.78 Å². The number of hydrogen-bond donors (Lipinski definition) is 1. The Balaban J connectivity index is 2.24. The molecule has 0 aliphatic carbocycles. The normalized spacial score (nSPS) is 26.8. The third kappa shape index (κ3) is 1.77. The summed E-state index contributed by atoms with van der Waals surface area (Å²) < 4.78 is 26.0. The molecule has 1 aliphatic heterocycles. The van der Waals surface area contributed by atoms with Crippen LogP contribution < -0.4 is 5.32 Å². The van der Waals surface area contributed by atoms with Gasteiger partial charge in [-0.25, -0.2) is 8.78 Å². The van der Waals surface area contributed by atoms with Gasteiger partial charge in [-0.2, -0.15) is 0 Å². The van der Waals surface area contributed by atoms with Crippen molar-refractivity contribution in [1.29, 1.82) is 0 Å². The lowest BCUT2D eigenvalue weighted by Crippen LogP contribution is -2.16. The Labute approximate surface area is 82.1 Å². The fourth-order valence-corrected chi connectivity index (χ4v) is 2.01. The molecule has 1 aromatic carbocycles. The quantitative estimate of drug-likeness (QED) is 0.729. The van der Waals surface area contributed by atoms with E-state index in [1.54, 1.807) is 6.07 Å². The molecule has 2 atom stereocenters. The van der Waals surface area contributed by atoms with Gasteiger partial charge < -0.3 is 5.32 Å². The molecule has 0 spiro atoms. The number of halogens is 2. The Morgan fingerprint density at radius 1 is 1.36 bits per heavy atom. The fraction of sp³-hybridized carbons (Fsp3) is 0.455. The second-order valence-corrected chi connectivity index (χ2v) is 3.91. The summed E-state index contributed by atoms with van der Waals surface area (Å²) in [7, 11) is 0. The maximum absolute atomic E-state index is 13.4. The van der Waals surface area contributed by atoms with E-state index in [0.717, 1.165) is 19.0 Å². The molecule has 76 valence electrons. The van der Waals surface area contributed by atoms with Crippen LogP contribution in [-0.2, 0) is 0 Å². The largest absolute Gasteiger partial charge is 0.314 e. The van der Waals surface area contributed by atoms with Crippen LogP contribution in [0.3, 0.4) is 0 Å². The lowest BCUT2D eigenvalue weighted by Gasteiger charge is -2.09. The number of nitrogens with one attached hydrogen (secondary N) is 1. The van der Waals surface area contributed by atoms with Gasteiger partial charge in [0.15, 0.2) is 0 Å². The van der Waals surface area contributed by atoms with Crippen LogP contribution in [0.25, 0.3) is 0 Å². The van der Waals surface area contributed by atoms with Crippen molar-refractivity contribution in [2.24, 2.45) is 0 Å². The molecule has 0 bridgehead atoms. The second kappa shape index (κ2) is 3.65. The van der Waals surface area contributed by atoms with Gasteiger partial charge in [0.1, 0.15) is 11.6 Å². The summed E-state index contributed by atoms with van der Waals surface area (Å²) in [6.07, 6.45) is 0.919. The van der Waals surface area contributed by atoms with E-state index in [9.17, 15) is 8.78 Å². The highest BCUT2D eigenvalue weighted by molar-refractivity contribution is 5.24. The molecule has 0 aromatic heterocycles. The van der Waals surface area contributed by atoms with Crippen molar-refractivity contribution in [3.8, 4) is 0 Å². The minimum Gasteiger partial charge on any atom is -0.314 e. The van der Waals surface area contributed by atoms with E-state index in [0.29, 0.717) is 11.6 Å². The fourth-order valence-electron chi connectivity index (χ4n) is 2.01. The van der Waals surface area contributed by atoms with Crippen LogP contribution in [0, 0.1) is 11.6 Å². The van der Waals surface area contributed by atoms with Gasteiger partial charge in [-0.05, 0) is 25.0 Å². The molecule has 1 nitrogen and oxygen atoms in total. The average molecular weight is 197 g/mol. The summed E-state index contributed by atoms with van der Waals surface area (Å²) >= 11 is 0. The van der Waals surface area contributed by atoms with Crippen molar-refractivity contribution in [2.45, 2.75) is 25.3 Å². The molecule has 0 amide bonds. The van der Waals surface area contributed by atoms with E-state index in [4.69, 9.17) is 0 Å². The van der Waals surface area contributed by atoms with Gasteiger partial charge in [0, 0.05) is 24.6 Å². The highest BCUT2D eigenvalue weighted by Crippen LogP contribution is 2.27. The summed E-state index contributed by atoms with van der Waals surface area (Å²) in [5, 5.41) is 3.25. The minimum atomic E-state index is -0.509. The zero-order valence-electron chi connectivity index (χ0n) is 8.06. The summed E-state index contributed by atoms with van der Waals surface area (Å²) in [4.78, 5) is 0. The summed E-state index contributed by atoms with van der Waals surface area (Å²) in [6.45, 7) is 2.85. The molecular formula is C11H13F2N. The second-order valence-electron chi connectivity index (χ2n) is 3.91. The Hall–Kier alpha value is -0.960. The topological polar surface area (TPSA) is 12.0 Å². The predicted octanol–water partition coefficient (Wildman–Crippen LogP) is 2.43. The van der Waals surface area contributed by atoms with E-state index < -0.39 is 11.6 Å². The van der Waals surface area contributed by atoms with E-state index >= 15 is 0 Å². The first-order chi connectivity index (χ1) is 6.66. The maximum atomic E-state index is 13.4. The highest BCUT2D eigenvalue weighted by Gasteiger charge is 2.24. The van der Waals surface area contributed by atoms with Gasteiger partial charge in [-0.3, -0.25) is 0 Å². The standard InChI is InChI=1S/C11H13F2N/c1-7-4-8(6-14-7)10-3-2-9(12)5-11(10)13/h2-3,5,7-8,14H,4,6H2,1H3. The molecule has 1 fully saturated rings. The molecule has 2 rings (SSSR count). The zero-order chi connectivity index (χ0) is 10.1. The molecule has 0 radical (unpaired) electrons.